The fourth-order valence-corrected chi connectivity index (χ4v) is 2.77. The number of nitrogens with one attached hydrogen (secondary N) is 1. The normalized spacial score (nSPS) is 11.7. The quantitative estimate of drug-likeness (QED) is 0.500. The van der Waals surface area contributed by atoms with Gasteiger partial charge in [0.25, 0.3) is 5.69 Å². The first-order chi connectivity index (χ1) is 10.5. The number of amides is 1. The molecule has 0 heterocycles. The lowest BCUT2D eigenvalue weighted by molar-refractivity contribution is -0.384. The van der Waals surface area contributed by atoms with Gasteiger partial charge in [-0.15, -0.1) is 11.8 Å². The van der Waals surface area contributed by atoms with Crippen molar-refractivity contribution in [2.45, 2.75) is 17.1 Å². The number of carbonyl (C=O) groups is 1. The van der Waals surface area contributed by atoms with Gasteiger partial charge in [-0.3, -0.25) is 14.9 Å². The van der Waals surface area contributed by atoms with E-state index in [4.69, 9.17) is 11.6 Å². The van der Waals surface area contributed by atoms with Crippen molar-refractivity contribution in [2.24, 2.45) is 0 Å². The number of halogens is 1. The predicted octanol–water partition coefficient (Wildman–Crippen LogP) is 4.37. The van der Waals surface area contributed by atoms with E-state index in [1.165, 1.54) is 30.0 Å². The van der Waals surface area contributed by atoms with Crippen molar-refractivity contribution in [2.75, 3.05) is 5.32 Å². The molecule has 1 unspecified atom stereocenters. The van der Waals surface area contributed by atoms with Gasteiger partial charge in [-0.2, -0.15) is 0 Å². The van der Waals surface area contributed by atoms with Crippen LogP contribution in [-0.2, 0) is 4.79 Å². The highest BCUT2D eigenvalue weighted by Crippen LogP contribution is 2.28. The average Bonchev–Trinajstić information content (AvgIpc) is 2.50. The zero-order valence-corrected chi connectivity index (χ0v) is 13.2. The van der Waals surface area contributed by atoms with Crippen molar-refractivity contribution in [1.82, 2.24) is 0 Å². The van der Waals surface area contributed by atoms with Gasteiger partial charge in [-0.1, -0.05) is 29.8 Å². The van der Waals surface area contributed by atoms with Crippen LogP contribution in [-0.4, -0.2) is 16.1 Å². The number of anilines is 1. The van der Waals surface area contributed by atoms with E-state index in [0.29, 0.717) is 0 Å². The number of rotatable bonds is 5. The second-order valence-electron chi connectivity index (χ2n) is 4.48. The summed E-state index contributed by atoms with van der Waals surface area (Å²) in [5, 5.41) is 13.3. The third-order valence-electron chi connectivity index (χ3n) is 2.84. The van der Waals surface area contributed by atoms with Crippen LogP contribution in [0.15, 0.2) is 53.4 Å². The Balaban J connectivity index is 2.08. The topological polar surface area (TPSA) is 72.2 Å². The molecule has 5 nitrogen and oxygen atoms in total. The number of non-ortho nitro benzene ring substituents is 1. The van der Waals surface area contributed by atoms with Gasteiger partial charge in [-0.05, 0) is 25.1 Å². The third-order valence-corrected chi connectivity index (χ3v) is 4.29. The highest BCUT2D eigenvalue weighted by atomic mass is 35.5. The zero-order valence-electron chi connectivity index (χ0n) is 11.7. The molecule has 7 heteroatoms. The van der Waals surface area contributed by atoms with Crippen LogP contribution in [0, 0.1) is 10.1 Å². The van der Waals surface area contributed by atoms with Crippen LogP contribution in [0.4, 0.5) is 11.4 Å². The molecule has 22 heavy (non-hydrogen) atoms. The van der Waals surface area contributed by atoms with Gasteiger partial charge in [0.1, 0.15) is 0 Å². The van der Waals surface area contributed by atoms with Crippen molar-refractivity contribution in [3.63, 3.8) is 0 Å². The van der Waals surface area contributed by atoms with Gasteiger partial charge in [0.2, 0.25) is 5.91 Å². The zero-order chi connectivity index (χ0) is 16.1. The van der Waals surface area contributed by atoms with Gasteiger partial charge in [0.05, 0.1) is 20.9 Å². The molecule has 0 saturated heterocycles. The SMILES string of the molecule is CC(Sc1ccccc1)C(=O)Nc1cc([N+](=O)[O-])ccc1Cl. The number of thioether (sulfide) groups is 1. The summed E-state index contributed by atoms with van der Waals surface area (Å²) in [4.78, 5) is 23.4. The number of carbonyl (C=O) groups excluding carboxylic acids is 1. The summed E-state index contributed by atoms with van der Waals surface area (Å²) in [7, 11) is 0. The second kappa shape index (κ2) is 7.29. The van der Waals surface area contributed by atoms with Crippen LogP contribution in [0.1, 0.15) is 6.92 Å². The van der Waals surface area contributed by atoms with E-state index in [0.717, 1.165) is 4.90 Å². The van der Waals surface area contributed by atoms with E-state index in [-0.39, 0.29) is 27.6 Å². The van der Waals surface area contributed by atoms with Crippen molar-refractivity contribution in [3.8, 4) is 0 Å². The van der Waals surface area contributed by atoms with Crippen LogP contribution in [0.3, 0.4) is 0 Å². The van der Waals surface area contributed by atoms with E-state index in [2.05, 4.69) is 5.32 Å². The minimum atomic E-state index is -0.534. The molecule has 2 rings (SSSR count). The molecule has 1 N–H and O–H groups in total. The van der Waals surface area contributed by atoms with Crippen LogP contribution in [0.25, 0.3) is 0 Å². The number of nitro groups is 1. The molecule has 0 bridgehead atoms. The van der Waals surface area contributed by atoms with Crippen molar-refractivity contribution >= 4 is 40.6 Å². The lowest BCUT2D eigenvalue weighted by Gasteiger charge is -2.12. The van der Waals surface area contributed by atoms with Gasteiger partial charge < -0.3 is 5.32 Å². The van der Waals surface area contributed by atoms with Crippen molar-refractivity contribution in [1.29, 1.82) is 0 Å². The molecule has 0 aromatic heterocycles. The standard InChI is InChI=1S/C15H13ClN2O3S/c1-10(22-12-5-3-2-4-6-12)15(19)17-14-9-11(18(20)21)7-8-13(14)16/h2-10H,1H3,(H,17,19). The molecule has 1 amide bonds. The Morgan fingerprint density at radius 2 is 1.95 bits per heavy atom. The Hall–Kier alpha value is -2.05. The maximum Gasteiger partial charge on any atom is 0.271 e. The van der Waals surface area contributed by atoms with Crippen LogP contribution >= 0.6 is 23.4 Å². The number of hydrogen-bond acceptors (Lipinski definition) is 4. The van der Waals surface area contributed by atoms with E-state index < -0.39 is 4.92 Å². The summed E-state index contributed by atoms with van der Waals surface area (Å²) >= 11 is 7.36. The molecule has 0 radical (unpaired) electrons. The summed E-state index contributed by atoms with van der Waals surface area (Å²) in [5.74, 6) is -0.267. The Morgan fingerprint density at radius 3 is 2.59 bits per heavy atom. The predicted molar refractivity (Wildman–Crippen MR) is 88.5 cm³/mol. The van der Waals surface area contributed by atoms with Crippen LogP contribution < -0.4 is 5.32 Å². The Kier molecular flexibility index (Phi) is 5.41. The Labute approximate surface area is 136 Å². The first-order valence-electron chi connectivity index (χ1n) is 6.44. The van der Waals surface area contributed by atoms with Crippen molar-refractivity contribution < 1.29 is 9.72 Å². The molecule has 0 aliphatic rings. The van der Waals surface area contributed by atoms with E-state index >= 15 is 0 Å². The summed E-state index contributed by atoms with van der Waals surface area (Å²) in [5.41, 5.74) is 0.115. The minimum Gasteiger partial charge on any atom is -0.324 e. The first kappa shape index (κ1) is 16.3. The van der Waals surface area contributed by atoms with Gasteiger partial charge in [-0.25, -0.2) is 0 Å². The molecule has 1 atom stereocenters. The number of nitro benzene ring substituents is 1. The molecule has 0 aliphatic heterocycles. The molecular weight excluding hydrogens is 324 g/mol. The van der Waals surface area contributed by atoms with Crippen molar-refractivity contribution in [3.05, 3.63) is 63.7 Å². The molecule has 0 fully saturated rings. The third kappa shape index (κ3) is 4.22. The Bertz CT molecular complexity index is 694. The summed E-state index contributed by atoms with van der Waals surface area (Å²) < 4.78 is 0. The monoisotopic (exact) mass is 336 g/mol. The second-order valence-corrected chi connectivity index (χ2v) is 6.31. The van der Waals surface area contributed by atoms with E-state index in [1.54, 1.807) is 6.92 Å². The average molecular weight is 337 g/mol. The Morgan fingerprint density at radius 1 is 1.27 bits per heavy atom. The van der Waals surface area contributed by atoms with E-state index in [9.17, 15) is 14.9 Å². The molecule has 2 aromatic carbocycles. The van der Waals surface area contributed by atoms with Gasteiger partial charge >= 0.3 is 0 Å². The minimum absolute atomic E-state index is 0.122. The largest absolute Gasteiger partial charge is 0.324 e. The lowest BCUT2D eigenvalue weighted by Crippen LogP contribution is -2.22. The summed E-state index contributed by atoms with van der Waals surface area (Å²) in [6.07, 6.45) is 0. The number of hydrogen-bond donors (Lipinski definition) is 1. The highest BCUT2D eigenvalue weighted by molar-refractivity contribution is 8.00. The van der Waals surface area contributed by atoms with Crippen LogP contribution in [0.2, 0.25) is 5.02 Å². The number of benzene rings is 2. The summed E-state index contributed by atoms with van der Waals surface area (Å²) in [6.45, 7) is 1.76. The van der Waals surface area contributed by atoms with Crippen LogP contribution in [0.5, 0.6) is 0 Å². The maximum atomic E-state index is 12.2. The molecule has 2 aromatic rings. The fraction of sp³-hybridized carbons (Fsp3) is 0.133. The molecule has 0 spiro atoms. The highest BCUT2D eigenvalue weighted by Gasteiger charge is 2.17. The number of nitrogens with zero attached hydrogens (tertiary/aromatic N) is 1. The fourth-order valence-electron chi connectivity index (χ4n) is 1.71. The molecule has 0 aliphatic carbocycles. The molecule has 0 saturated carbocycles. The van der Waals surface area contributed by atoms with Gasteiger partial charge in [0.15, 0.2) is 0 Å². The first-order valence-corrected chi connectivity index (χ1v) is 7.69. The van der Waals surface area contributed by atoms with E-state index in [1.807, 2.05) is 30.3 Å². The molecule has 114 valence electrons. The lowest BCUT2D eigenvalue weighted by atomic mass is 10.2. The molecular formula is C15H13ClN2O3S. The summed E-state index contributed by atoms with van der Waals surface area (Å²) in [6, 6.07) is 13.4. The smallest absolute Gasteiger partial charge is 0.271 e. The maximum absolute atomic E-state index is 12.2. The van der Waals surface area contributed by atoms with Gasteiger partial charge in [0, 0.05) is 17.0 Å².